The first-order valence-corrected chi connectivity index (χ1v) is 13.8. The average Bonchev–Trinajstić information content (AvgIpc) is 3.44. The third-order valence-corrected chi connectivity index (χ3v) is 7.08. The lowest BCUT2D eigenvalue weighted by molar-refractivity contribution is -0.138. The van der Waals surface area contributed by atoms with Gasteiger partial charge >= 0.3 is 6.09 Å². The van der Waals surface area contributed by atoms with Gasteiger partial charge in [0.15, 0.2) is 5.78 Å². The van der Waals surface area contributed by atoms with Crippen LogP contribution in [0.15, 0.2) is 24.3 Å². The molecule has 0 aromatic heterocycles. The van der Waals surface area contributed by atoms with E-state index in [1.54, 1.807) is 17.0 Å². The van der Waals surface area contributed by atoms with Gasteiger partial charge in [0.05, 0.1) is 12.6 Å². The van der Waals surface area contributed by atoms with Gasteiger partial charge in [-0.15, -0.1) is 5.06 Å². The Morgan fingerprint density at radius 1 is 1.05 bits per heavy atom. The van der Waals surface area contributed by atoms with Crippen LogP contribution in [0.3, 0.4) is 0 Å². The van der Waals surface area contributed by atoms with Crippen molar-refractivity contribution in [1.82, 2.24) is 20.6 Å². The van der Waals surface area contributed by atoms with Crippen LogP contribution >= 0.6 is 0 Å². The van der Waals surface area contributed by atoms with Crippen molar-refractivity contribution in [3.05, 3.63) is 29.8 Å². The minimum absolute atomic E-state index is 0.0612. The van der Waals surface area contributed by atoms with Gasteiger partial charge in [-0.05, 0) is 62.8 Å². The number of hydroxylamine groups is 2. The van der Waals surface area contributed by atoms with Crippen molar-refractivity contribution in [1.29, 1.82) is 0 Å². The number of amides is 3. The Morgan fingerprint density at radius 3 is 2.29 bits per heavy atom. The van der Waals surface area contributed by atoms with Gasteiger partial charge in [-0.2, -0.15) is 0 Å². The first-order valence-electron chi connectivity index (χ1n) is 13.8. The number of nitrogens with zero attached hydrogens (tertiary/aromatic N) is 3. The fraction of sp³-hybridized carbons (Fsp3) is 0.643. The van der Waals surface area contributed by atoms with Crippen LogP contribution in [0.5, 0.6) is 0 Å². The first kappa shape index (κ1) is 29.4. The molecule has 2 saturated heterocycles. The molecule has 2 aliphatic heterocycles. The summed E-state index contributed by atoms with van der Waals surface area (Å²) >= 11 is 0. The molecule has 3 amide bonds. The molecule has 3 unspecified atom stereocenters. The molecule has 2 fully saturated rings. The maximum Gasteiger partial charge on any atom is 0.426 e. The lowest BCUT2D eigenvalue weighted by Crippen LogP contribution is -2.53. The number of likely N-dealkylation sites (tertiary alicyclic amines) is 1. The molecule has 0 saturated carbocycles. The Morgan fingerprint density at radius 2 is 1.71 bits per heavy atom. The predicted octanol–water partition coefficient (Wildman–Crippen LogP) is 2.83. The number of hydrogen-bond donors (Lipinski definition) is 2. The molecule has 10 nitrogen and oxygen atoms in total. The number of fused-ring (bicyclic) bond motifs is 1. The zero-order valence-electron chi connectivity index (χ0n) is 23.5. The SMILES string of the molecule is CCN(CC)c1ccc(C(=O)NC(CC(C)C)C(=O)N2CCC3C2C(=O)CN3OC(=O)NCC(C)C)cc1. The highest BCUT2D eigenvalue weighted by Gasteiger charge is 2.52. The molecule has 38 heavy (non-hydrogen) atoms. The third kappa shape index (κ3) is 7.03. The minimum atomic E-state index is -0.763. The molecule has 2 heterocycles. The monoisotopic (exact) mass is 529 g/mol. The van der Waals surface area contributed by atoms with E-state index in [1.807, 2.05) is 39.8 Å². The molecule has 3 atom stereocenters. The van der Waals surface area contributed by atoms with Crippen LogP contribution in [0.4, 0.5) is 10.5 Å². The van der Waals surface area contributed by atoms with Gasteiger partial charge in [-0.3, -0.25) is 14.4 Å². The van der Waals surface area contributed by atoms with Crippen molar-refractivity contribution in [2.45, 2.75) is 72.5 Å². The zero-order chi connectivity index (χ0) is 28.0. The van der Waals surface area contributed by atoms with Crippen molar-refractivity contribution in [3.8, 4) is 0 Å². The molecule has 0 radical (unpaired) electrons. The van der Waals surface area contributed by atoms with E-state index in [-0.39, 0.29) is 42.0 Å². The van der Waals surface area contributed by atoms with Gasteiger partial charge in [0, 0.05) is 37.4 Å². The van der Waals surface area contributed by atoms with Crippen molar-refractivity contribution in [2.24, 2.45) is 11.8 Å². The van der Waals surface area contributed by atoms with Gasteiger partial charge < -0.3 is 25.3 Å². The van der Waals surface area contributed by atoms with Crippen molar-refractivity contribution in [3.63, 3.8) is 0 Å². The second-order valence-electron chi connectivity index (χ2n) is 10.9. The van der Waals surface area contributed by atoms with Gasteiger partial charge in [0.2, 0.25) is 5.91 Å². The van der Waals surface area contributed by atoms with E-state index >= 15 is 0 Å². The number of rotatable bonds is 11. The Balaban J connectivity index is 1.68. The average molecular weight is 530 g/mol. The summed E-state index contributed by atoms with van der Waals surface area (Å²) in [4.78, 5) is 61.0. The number of anilines is 1. The summed E-state index contributed by atoms with van der Waals surface area (Å²) in [6, 6.07) is 5.52. The molecule has 0 aliphatic carbocycles. The van der Waals surface area contributed by atoms with Crippen molar-refractivity contribution in [2.75, 3.05) is 37.6 Å². The summed E-state index contributed by atoms with van der Waals surface area (Å²) in [5.41, 5.74) is 1.51. The second-order valence-corrected chi connectivity index (χ2v) is 10.9. The highest BCUT2D eigenvalue weighted by atomic mass is 16.7. The number of nitrogens with one attached hydrogen (secondary N) is 2. The maximum absolute atomic E-state index is 13.7. The number of ketones is 1. The Labute approximate surface area is 226 Å². The fourth-order valence-electron chi connectivity index (χ4n) is 5.15. The largest absolute Gasteiger partial charge is 0.426 e. The van der Waals surface area contributed by atoms with Crippen LogP contribution in [0, 0.1) is 11.8 Å². The number of hydrogen-bond acceptors (Lipinski definition) is 7. The van der Waals surface area contributed by atoms with E-state index in [0.717, 1.165) is 18.8 Å². The number of carbonyl (C=O) groups excluding carboxylic acids is 4. The van der Waals surface area contributed by atoms with E-state index in [9.17, 15) is 19.2 Å². The highest BCUT2D eigenvalue weighted by molar-refractivity contribution is 5.99. The Bertz CT molecular complexity index is 992. The van der Waals surface area contributed by atoms with E-state index in [2.05, 4.69) is 29.4 Å². The van der Waals surface area contributed by atoms with Crippen LogP contribution in [0.1, 0.15) is 64.7 Å². The number of Topliss-reactive ketones (excluding diaryl/α,β-unsaturated/α-hetero) is 1. The van der Waals surface area contributed by atoms with Crippen LogP contribution in [-0.4, -0.2) is 84.5 Å². The van der Waals surface area contributed by atoms with E-state index in [4.69, 9.17) is 4.84 Å². The standard InChI is InChI=1S/C28H43N5O5/c1-7-31(8-2)21-11-9-20(10-12-21)26(35)30-22(15-18(3)4)27(36)32-14-13-23-25(32)24(34)17-33(23)38-28(37)29-16-19(5)6/h9-12,18-19,22-23,25H,7-8,13-17H2,1-6H3,(H,29,37)(H,30,35). The van der Waals surface area contributed by atoms with E-state index in [0.29, 0.717) is 31.5 Å². The Kier molecular flexibility index (Phi) is 10.1. The predicted molar refractivity (Wildman–Crippen MR) is 146 cm³/mol. The Hall–Kier alpha value is -3.14. The fourth-order valence-corrected chi connectivity index (χ4v) is 5.15. The van der Waals surface area contributed by atoms with E-state index < -0.39 is 18.2 Å². The third-order valence-electron chi connectivity index (χ3n) is 7.08. The molecule has 3 rings (SSSR count). The van der Waals surface area contributed by atoms with Crippen molar-refractivity contribution >= 4 is 29.4 Å². The molecular weight excluding hydrogens is 486 g/mol. The quantitative estimate of drug-likeness (QED) is 0.453. The molecular formula is C28H43N5O5. The number of benzene rings is 1. The lowest BCUT2D eigenvalue weighted by Gasteiger charge is -2.29. The number of carbonyl (C=O) groups is 4. The van der Waals surface area contributed by atoms with Gasteiger partial charge in [0.25, 0.3) is 5.91 Å². The summed E-state index contributed by atoms with van der Waals surface area (Å²) in [6.45, 7) is 14.6. The summed E-state index contributed by atoms with van der Waals surface area (Å²) in [7, 11) is 0. The summed E-state index contributed by atoms with van der Waals surface area (Å²) in [5, 5.41) is 7.00. The topological polar surface area (TPSA) is 111 Å². The van der Waals surface area contributed by atoms with Gasteiger partial charge in [-0.25, -0.2) is 4.79 Å². The van der Waals surface area contributed by atoms with E-state index in [1.165, 1.54) is 5.06 Å². The molecule has 2 aliphatic rings. The normalized spacial score (nSPS) is 20.0. The maximum atomic E-state index is 13.7. The van der Waals surface area contributed by atoms with Gasteiger partial charge in [0.1, 0.15) is 12.1 Å². The highest BCUT2D eigenvalue weighted by Crippen LogP contribution is 2.31. The summed E-state index contributed by atoms with van der Waals surface area (Å²) < 4.78 is 0. The minimum Gasteiger partial charge on any atom is -0.372 e. The molecule has 0 bridgehead atoms. The van der Waals surface area contributed by atoms with Crippen LogP contribution in [0.2, 0.25) is 0 Å². The smallest absolute Gasteiger partial charge is 0.372 e. The molecule has 1 aromatic rings. The van der Waals surface area contributed by atoms with Crippen LogP contribution in [-0.2, 0) is 14.4 Å². The summed E-state index contributed by atoms with van der Waals surface area (Å²) in [5.74, 6) is -0.353. The first-order chi connectivity index (χ1) is 18.0. The van der Waals surface area contributed by atoms with Crippen LogP contribution in [0.25, 0.3) is 0 Å². The summed E-state index contributed by atoms with van der Waals surface area (Å²) in [6.07, 6.45) is 0.352. The zero-order valence-corrected chi connectivity index (χ0v) is 23.5. The second kappa shape index (κ2) is 13.1. The van der Waals surface area contributed by atoms with Gasteiger partial charge in [-0.1, -0.05) is 27.7 Å². The van der Waals surface area contributed by atoms with Crippen molar-refractivity contribution < 1.29 is 24.0 Å². The molecule has 1 aromatic carbocycles. The van der Waals surface area contributed by atoms with Crippen LogP contribution < -0.4 is 15.5 Å². The molecule has 2 N–H and O–H groups in total. The lowest BCUT2D eigenvalue weighted by atomic mass is 10.0. The molecule has 0 spiro atoms. The molecule has 210 valence electrons. The molecule has 10 heteroatoms.